The fraction of sp³-hybridized carbons (Fsp3) is 0.600. The molecular formula is C15H21Br. The minimum Gasteiger partial charge on any atom is -0.0651 e. The van der Waals surface area contributed by atoms with Gasteiger partial charge in [0, 0.05) is 4.47 Å². The predicted molar refractivity (Wildman–Crippen MR) is 74.0 cm³/mol. The Morgan fingerprint density at radius 2 is 1.94 bits per heavy atom. The first kappa shape index (κ1) is 12.2. The molecule has 0 unspecified atom stereocenters. The van der Waals surface area contributed by atoms with E-state index in [-0.39, 0.29) is 0 Å². The molecule has 2 rings (SSSR count). The summed E-state index contributed by atoms with van der Waals surface area (Å²) < 4.78 is 1.32. The molecule has 0 amide bonds. The number of halogens is 1. The molecule has 0 spiro atoms. The highest BCUT2D eigenvalue weighted by molar-refractivity contribution is 9.10. The summed E-state index contributed by atoms with van der Waals surface area (Å²) in [4.78, 5) is 0. The first-order chi connectivity index (χ1) is 7.81. The molecule has 1 aromatic rings. The predicted octanol–water partition coefficient (Wildman–Crippen LogP) is 5.45. The number of aryl methyl sites for hydroxylation is 1. The van der Waals surface area contributed by atoms with E-state index in [2.05, 4.69) is 41.1 Å². The Labute approximate surface area is 108 Å². The standard InChI is InChI=1S/C15H21Br/c1-2-6-12-9-10-15(16)14(11-12)13-7-4-3-5-8-13/h9-11,13H,2-8H2,1H3. The minimum absolute atomic E-state index is 0.805. The van der Waals surface area contributed by atoms with E-state index in [0.717, 1.165) is 5.92 Å². The van der Waals surface area contributed by atoms with Crippen molar-refractivity contribution in [1.82, 2.24) is 0 Å². The van der Waals surface area contributed by atoms with Crippen molar-refractivity contribution in [2.24, 2.45) is 0 Å². The Morgan fingerprint density at radius 3 is 2.62 bits per heavy atom. The van der Waals surface area contributed by atoms with Gasteiger partial charge in [-0.2, -0.15) is 0 Å². The van der Waals surface area contributed by atoms with E-state index >= 15 is 0 Å². The summed E-state index contributed by atoms with van der Waals surface area (Å²) in [6.07, 6.45) is 9.48. The molecule has 1 aromatic carbocycles. The lowest BCUT2D eigenvalue weighted by Crippen LogP contribution is -2.05. The van der Waals surface area contributed by atoms with Gasteiger partial charge < -0.3 is 0 Å². The second-order valence-electron chi connectivity index (χ2n) is 4.94. The zero-order chi connectivity index (χ0) is 11.4. The van der Waals surface area contributed by atoms with Gasteiger partial charge in [-0.3, -0.25) is 0 Å². The Morgan fingerprint density at radius 1 is 1.19 bits per heavy atom. The molecule has 0 nitrogen and oxygen atoms in total. The van der Waals surface area contributed by atoms with E-state index in [4.69, 9.17) is 0 Å². The Bertz CT molecular complexity index is 337. The molecule has 1 aliphatic rings. The van der Waals surface area contributed by atoms with Crippen LogP contribution in [0, 0.1) is 0 Å². The highest BCUT2D eigenvalue weighted by Crippen LogP contribution is 2.36. The van der Waals surface area contributed by atoms with Gasteiger partial charge in [-0.1, -0.05) is 60.7 Å². The average Bonchev–Trinajstić information content (AvgIpc) is 2.33. The molecule has 0 atom stereocenters. The Hall–Kier alpha value is -0.300. The Balaban J connectivity index is 2.19. The quantitative estimate of drug-likeness (QED) is 0.691. The van der Waals surface area contributed by atoms with Gasteiger partial charge in [-0.15, -0.1) is 0 Å². The molecule has 0 radical (unpaired) electrons. The third kappa shape index (κ3) is 2.88. The second-order valence-corrected chi connectivity index (χ2v) is 5.80. The molecule has 0 saturated heterocycles. The van der Waals surface area contributed by atoms with E-state index in [1.54, 1.807) is 5.56 Å². The summed E-state index contributed by atoms with van der Waals surface area (Å²) in [6.45, 7) is 2.25. The smallest absolute Gasteiger partial charge is 0.0210 e. The molecule has 1 saturated carbocycles. The van der Waals surface area contributed by atoms with Crippen LogP contribution in [0.5, 0.6) is 0 Å². The minimum atomic E-state index is 0.805. The lowest BCUT2D eigenvalue weighted by molar-refractivity contribution is 0.442. The third-order valence-corrected chi connectivity index (χ3v) is 4.37. The van der Waals surface area contributed by atoms with E-state index < -0.39 is 0 Å². The molecule has 88 valence electrons. The van der Waals surface area contributed by atoms with Crippen molar-refractivity contribution < 1.29 is 0 Å². The van der Waals surface area contributed by atoms with Crippen LogP contribution in [0.3, 0.4) is 0 Å². The van der Waals surface area contributed by atoms with Crippen LogP contribution < -0.4 is 0 Å². The van der Waals surface area contributed by atoms with Gasteiger partial charge in [-0.25, -0.2) is 0 Å². The lowest BCUT2D eigenvalue weighted by Gasteiger charge is -2.23. The first-order valence-electron chi connectivity index (χ1n) is 6.59. The maximum absolute atomic E-state index is 3.72. The summed E-state index contributed by atoms with van der Waals surface area (Å²) in [6, 6.07) is 6.94. The van der Waals surface area contributed by atoms with Crippen LogP contribution in [-0.2, 0) is 6.42 Å². The van der Waals surface area contributed by atoms with Crippen molar-refractivity contribution in [3.63, 3.8) is 0 Å². The fourth-order valence-corrected chi connectivity index (χ4v) is 3.33. The van der Waals surface area contributed by atoms with Crippen LogP contribution in [0.25, 0.3) is 0 Å². The van der Waals surface area contributed by atoms with Crippen LogP contribution in [0.2, 0.25) is 0 Å². The van der Waals surface area contributed by atoms with Crippen LogP contribution in [0.4, 0.5) is 0 Å². The van der Waals surface area contributed by atoms with Gasteiger partial charge in [0.2, 0.25) is 0 Å². The summed E-state index contributed by atoms with van der Waals surface area (Å²) in [5.41, 5.74) is 3.07. The zero-order valence-corrected chi connectivity index (χ0v) is 11.7. The molecule has 0 aliphatic heterocycles. The summed E-state index contributed by atoms with van der Waals surface area (Å²) in [7, 11) is 0. The molecule has 1 aliphatic carbocycles. The largest absolute Gasteiger partial charge is 0.0651 e. The topological polar surface area (TPSA) is 0 Å². The van der Waals surface area contributed by atoms with Gasteiger partial charge >= 0.3 is 0 Å². The molecule has 0 bridgehead atoms. The third-order valence-electron chi connectivity index (χ3n) is 3.64. The number of rotatable bonds is 3. The molecule has 0 heterocycles. The monoisotopic (exact) mass is 280 g/mol. The fourth-order valence-electron chi connectivity index (χ4n) is 2.76. The number of hydrogen-bond donors (Lipinski definition) is 0. The highest BCUT2D eigenvalue weighted by Gasteiger charge is 2.17. The summed E-state index contributed by atoms with van der Waals surface area (Å²) in [5.74, 6) is 0.805. The van der Waals surface area contributed by atoms with Crippen LogP contribution in [-0.4, -0.2) is 0 Å². The molecule has 16 heavy (non-hydrogen) atoms. The van der Waals surface area contributed by atoms with Crippen molar-refractivity contribution in [1.29, 1.82) is 0 Å². The van der Waals surface area contributed by atoms with Gasteiger partial charge in [0.15, 0.2) is 0 Å². The zero-order valence-electron chi connectivity index (χ0n) is 10.1. The van der Waals surface area contributed by atoms with E-state index in [1.165, 1.54) is 55.0 Å². The van der Waals surface area contributed by atoms with E-state index in [1.807, 2.05) is 0 Å². The molecule has 0 aromatic heterocycles. The van der Waals surface area contributed by atoms with E-state index in [0.29, 0.717) is 0 Å². The van der Waals surface area contributed by atoms with Crippen LogP contribution in [0.15, 0.2) is 22.7 Å². The summed E-state index contributed by atoms with van der Waals surface area (Å²) >= 11 is 3.72. The molecule has 0 N–H and O–H groups in total. The van der Waals surface area contributed by atoms with Crippen molar-refractivity contribution >= 4 is 15.9 Å². The lowest BCUT2D eigenvalue weighted by atomic mass is 9.83. The maximum Gasteiger partial charge on any atom is 0.0210 e. The van der Waals surface area contributed by atoms with Crippen molar-refractivity contribution in [3.05, 3.63) is 33.8 Å². The molecule has 1 fully saturated rings. The SMILES string of the molecule is CCCc1ccc(Br)c(C2CCCCC2)c1. The second kappa shape index (κ2) is 5.86. The molecular weight excluding hydrogens is 260 g/mol. The first-order valence-corrected chi connectivity index (χ1v) is 7.39. The molecule has 1 heteroatoms. The highest BCUT2D eigenvalue weighted by atomic mass is 79.9. The van der Waals surface area contributed by atoms with Crippen molar-refractivity contribution in [3.8, 4) is 0 Å². The number of hydrogen-bond acceptors (Lipinski definition) is 0. The normalized spacial score (nSPS) is 17.6. The Kier molecular flexibility index (Phi) is 4.45. The van der Waals surface area contributed by atoms with Crippen LogP contribution >= 0.6 is 15.9 Å². The maximum atomic E-state index is 3.72. The summed E-state index contributed by atoms with van der Waals surface area (Å²) in [5, 5.41) is 0. The van der Waals surface area contributed by atoms with Gasteiger partial charge in [0.05, 0.1) is 0 Å². The van der Waals surface area contributed by atoms with Gasteiger partial charge in [0.1, 0.15) is 0 Å². The average molecular weight is 281 g/mol. The van der Waals surface area contributed by atoms with E-state index in [9.17, 15) is 0 Å². The van der Waals surface area contributed by atoms with Crippen molar-refractivity contribution in [2.45, 2.75) is 57.8 Å². The van der Waals surface area contributed by atoms with Gasteiger partial charge in [-0.05, 0) is 42.4 Å². The van der Waals surface area contributed by atoms with Gasteiger partial charge in [0.25, 0.3) is 0 Å². The number of benzene rings is 1. The van der Waals surface area contributed by atoms with Crippen molar-refractivity contribution in [2.75, 3.05) is 0 Å². The van der Waals surface area contributed by atoms with Crippen LogP contribution in [0.1, 0.15) is 62.5 Å².